The standard InChI is InChI=1S/C11H15O5P/c1-7(2)11(14)17(15,16)9-5-3-8(4-6-9)10(12)13/h3-7,11,14H,1-2H3,(H,12,13)(H,15,16). The summed E-state index contributed by atoms with van der Waals surface area (Å²) in [6.45, 7) is 3.28. The molecule has 6 heteroatoms. The van der Waals surface area contributed by atoms with E-state index in [1.54, 1.807) is 13.8 Å². The molecule has 0 aromatic heterocycles. The molecule has 0 fully saturated rings. The van der Waals surface area contributed by atoms with E-state index in [0.717, 1.165) is 0 Å². The minimum atomic E-state index is -3.88. The van der Waals surface area contributed by atoms with Crippen molar-refractivity contribution < 1.29 is 24.5 Å². The fraction of sp³-hybridized carbons (Fsp3) is 0.364. The van der Waals surface area contributed by atoms with E-state index in [1.165, 1.54) is 24.3 Å². The smallest absolute Gasteiger partial charge is 0.335 e. The van der Waals surface area contributed by atoms with Gasteiger partial charge in [0.25, 0.3) is 7.37 Å². The van der Waals surface area contributed by atoms with Crippen LogP contribution in [0.4, 0.5) is 0 Å². The molecule has 1 aromatic rings. The van der Waals surface area contributed by atoms with Gasteiger partial charge in [0.15, 0.2) is 0 Å². The molecule has 1 rings (SSSR count). The first kappa shape index (κ1) is 13.9. The molecule has 0 spiro atoms. The Morgan fingerprint density at radius 2 is 1.71 bits per heavy atom. The molecule has 5 nitrogen and oxygen atoms in total. The van der Waals surface area contributed by atoms with Crippen molar-refractivity contribution in [2.45, 2.75) is 19.7 Å². The molecule has 0 bridgehead atoms. The number of aliphatic hydroxyl groups excluding tert-OH is 1. The number of carboxylic acid groups (broad SMARTS) is 1. The van der Waals surface area contributed by atoms with Crippen LogP contribution in [0.5, 0.6) is 0 Å². The number of carbonyl (C=O) groups is 1. The zero-order chi connectivity index (χ0) is 13.2. The maximum Gasteiger partial charge on any atom is 0.335 e. The van der Waals surface area contributed by atoms with Crippen molar-refractivity contribution in [3.8, 4) is 0 Å². The van der Waals surface area contributed by atoms with Gasteiger partial charge in [-0.1, -0.05) is 13.8 Å². The second-order valence-corrected chi connectivity index (χ2v) is 6.42. The topological polar surface area (TPSA) is 94.8 Å². The molecule has 94 valence electrons. The Bertz CT molecular complexity index is 451. The average molecular weight is 258 g/mol. The summed E-state index contributed by atoms with van der Waals surface area (Å²) in [5, 5.41) is 18.4. The molecule has 1 aromatic carbocycles. The third kappa shape index (κ3) is 2.94. The summed E-state index contributed by atoms with van der Waals surface area (Å²) < 4.78 is 12.0. The minimum absolute atomic E-state index is 0.0350. The number of carboxylic acids is 1. The molecule has 0 aliphatic carbocycles. The zero-order valence-corrected chi connectivity index (χ0v) is 10.5. The molecule has 0 aliphatic rings. The van der Waals surface area contributed by atoms with Gasteiger partial charge in [-0.25, -0.2) is 4.79 Å². The SMILES string of the molecule is CC(C)C(O)P(=O)(O)c1ccc(C(=O)O)cc1. The van der Waals surface area contributed by atoms with Crippen LogP contribution in [-0.4, -0.2) is 26.9 Å². The van der Waals surface area contributed by atoms with Crippen LogP contribution in [0.25, 0.3) is 0 Å². The van der Waals surface area contributed by atoms with Crippen LogP contribution in [0.1, 0.15) is 24.2 Å². The molecule has 2 unspecified atom stereocenters. The van der Waals surface area contributed by atoms with Crippen LogP contribution < -0.4 is 5.30 Å². The number of hydrogen-bond acceptors (Lipinski definition) is 3. The number of aromatic carboxylic acids is 1. The Kier molecular flexibility index (Phi) is 4.09. The number of aliphatic hydroxyl groups is 1. The predicted octanol–water partition coefficient (Wildman–Crippen LogP) is 1.25. The van der Waals surface area contributed by atoms with E-state index in [1.807, 2.05) is 0 Å². The monoisotopic (exact) mass is 258 g/mol. The normalized spacial score (nSPS) is 16.5. The Morgan fingerprint density at radius 1 is 1.24 bits per heavy atom. The molecule has 0 heterocycles. The van der Waals surface area contributed by atoms with Crippen LogP contribution in [0, 0.1) is 5.92 Å². The second kappa shape index (κ2) is 5.00. The van der Waals surface area contributed by atoms with Gasteiger partial charge >= 0.3 is 5.97 Å². The van der Waals surface area contributed by atoms with Gasteiger partial charge in [0.2, 0.25) is 0 Å². The van der Waals surface area contributed by atoms with E-state index in [0.29, 0.717) is 0 Å². The predicted molar refractivity (Wildman–Crippen MR) is 63.7 cm³/mol. The van der Waals surface area contributed by atoms with Crippen LogP contribution in [-0.2, 0) is 4.57 Å². The summed E-state index contributed by atoms with van der Waals surface area (Å²) >= 11 is 0. The molecule has 0 saturated heterocycles. The molecule has 0 amide bonds. The van der Waals surface area contributed by atoms with Crippen molar-refractivity contribution in [2.75, 3.05) is 0 Å². The van der Waals surface area contributed by atoms with E-state index in [2.05, 4.69) is 0 Å². The fourth-order valence-electron chi connectivity index (χ4n) is 1.37. The summed E-state index contributed by atoms with van der Waals surface area (Å²) in [6, 6.07) is 5.01. The van der Waals surface area contributed by atoms with Gasteiger partial charge in [0.1, 0.15) is 5.85 Å². The molecule has 0 radical (unpaired) electrons. The van der Waals surface area contributed by atoms with Crippen LogP contribution in [0.2, 0.25) is 0 Å². The van der Waals surface area contributed by atoms with E-state index in [9.17, 15) is 19.4 Å². The van der Waals surface area contributed by atoms with Crippen LogP contribution >= 0.6 is 7.37 Å². The molecular formula is C11H15O5P. The lowest BCUT2D eigenvalue weighted by atomic mass is 10.2. The average Bonchev–Trinajstić information content (AvgIpc) is 2.27. The maximum absolute atomic E-state index is 12.0. The van der Waals surface area contributed by atoms with Crippen molar-refractivity contribution in [1.82, 2.24) is 0 Å². The molecule has 2 atom stereocenters. The summed E-state index contributed by atoms with van der Waals surface area (Å²) in [5.41, 5.74) is 0.0350. The Labute approximate surface area is 99.2 Å². The number of rotatable bonds is 4. The van der Waals surface area contributed by atoms with Gasteiger partial charge in [-0.3, -0.25) is 4.57 Å². The zero-order valence-electron chi connectivity index (χ0n) is 9.57. The van der Waals surface area contributed by atoms with Crippen molar-refractivity contribution in [1.29, 1.82) is 0 Å². The lowest BCUT2D eigenvalue weighted by Crippen LogP contribution is -2.22. The van der Waals surface area contributed by atoms with Gasteiger partial charge in [-0.2, -0.15) is 0 Å². The maximum atomic E-state index is 12.0. The van der Waals surface area contributed by atoms with Crippen molar-refractivity contribution >= 4 is 18.6 Å². The third-order valence-corrected chi connectivity index (χ3v) is 4.79. The van der Waals surface area contributed by atoms with Crippen molar-refractivity contribution in [2.24, 2.45) is 5.92 Å². The van der Waals surface area contributed by atoms with E-state index < -0.39 is 19.2 Å². The number of benzene rings is 1. The van der Waals surface area contributed by atoms with Crippen molar-refractivity contribution in [3.63, 3.8) is 0 Å². The van der Waals surface area contributed by atoms with Gasteiger partial charge < -0.3 is 15.1 Å². The van der Waals surface area contributed by atoms with Gasteiger partial charge in [0.05, 0.1) is 5.56 Å². The number of hydrogen-bond donors (Lipinski definition) is 3. The summed E-state index contributed by atoms with van der Waals surface area (Å²) in [7, 11) is -3.88. The van der Waals surface area contributed by atoms with Crippen LogP contribution in [0.3, 0.4) is 0 Å². The molecule has 3 N–H and O–H groups in total. The quantitative estimate of drug-likeness (QED) is 0.706. The summed E-state index contributed by atoms with van der Waals surface area (Å²) in [4.78, 5) is 20.4. The second-order valence-electron chi connectivity index (χ2n) is 4.13. The molecule has 0 aliphatic heterocycles. The Hall–Kier alpha value is -1.16. The fourth-order valence-corrected chi connectivity index (χ4v) is 3.06. The van der Waals surface area contributed by atoms with Gasteiger partial charge in [-0.05, 0) is 30.2 Å². The highest BCUT2D eigenvalue weighted by molar-refractivity contribution is 7.66. The highest BCUT2D eigenvalue weighted by Crippen LogP contribution is 2.46. The lowest BCUT2D eigenvalue weighted by molar-refractivity contribution is 0.0697. The summed E-state index contributed by atoms with van der Waals surface area (Å²) in [5.74, 6) is -2.81. The highest BCUT2D eigenvalue weighted by Gasteiger charge is 2.33. The van der Waals surface area contributed by atoms with Gasteiger partial charge in [-0.15, -0.1) is 0 Å². The van der Waals surface area contributed by atoms with Crippen molar-refractivity contribution in [3.05, 3.63) is 29.8 Å². The lowest BCUT2D eigenvalue weighted by Gasteiger charge is -2.21. The molecule has 0 saturated carbocycles. The molecule has 17 heavy (non-hydrogen) atoms. The minimum Gasteiger partial charge on any atom is -0.478 e. The highest BCUT2D eigenvalue weighted by atomic mass is 31.2. The summed E-state index contributed by atoms with van der Waals surface area (Å²) in [6.07, 6.45) is 0. The molecular weight excluding hydrogens is 243 g/mol. The van der Waals surface area contributed by atoms with Crippen LogP contribution in [0.15, 0.2) is 24.3 Å². The first-order valence-electron chi connectivity index (χ1n) is 5.11. The van der Waals surface area contributed by atoms with E-state index in [4.69, 9.17) is 5.11 Å². The van der Waals surface area contributed by atoms with E-state index in [-0.39, 0.29) is 16.8 Å². The Balaban J connectivity index is 3.08. The third-order valence-electron chi connectivity index (χ3n) is 2.44. The van der Waals surface area contributed by atoms with Gasteiger partial charge in [0, 0.05) is 5.30 Å². The first-order valence-corrected chi connectivity index (χ1v) is 6.84. The first-order chi connectivity index (χ1) is 7.76. The van der Waals surface area contributed by atoms with E-state index >= 15 is 0 Å². The largest absolute Gasteiger partial charge is 0.478 e. The Morgan fingerprint density at radius 3 is 2.06 bits per heavy atom.